The molecule has 7 nitrogen and oxygen atoms in total. The number of phenols is 1. The predicted molar refractivity (Wildman–Crippen MR) is 148 cm³/mol. The highest BCUT2D eigenvalue weighted by Crippen LogP contribution is 2.48. The maximum absolute atomic E-state index is 12.2. The van der Waals surface area contributed by atoms with Crippen LogP contribution in [0.3, 0.4) is 0 Å². The number of carboxylic acid groups (broad SMARTS) is 1. The van der Waals surface area contributed by atoms with Gasteiger partial charge in [0.1, 0.15) is 17.1 Å². The number of nitrogens with zero attached hydrogens (tertiary/aromatic N) is 1. The van der Waals surface area contributed by atoms with Gasteiger partial charge in [0.25, 0.3) is 0 Å². The summed E-state index contributed by atoms with van der Waals surface area (Å²) < 4.78 is 7.70. The van der Waals surface area contributed by atoms with Crippen LogP contribution >= 0.6 is 0 Å². The van der Waals surface area contributed by atoms with E-state index in [-0.39, 0.29) is 23.4 Å². The van der Waals surface area contributed by atoms with Gasteiger partial charge in [-0.1, -0.05) is 53.6 Å². The van der Waals surface area contributed by atoms with Gasteiger partial charge in [-0.3, -0.25) is 4.57 Å². The second-order valence-corrected chi connectivity index (χ2v) is 10.7. The Balaban J connectivity index is 1.67. The first-order chi connectivity index (χ1) is 18.0. The van der Waals surface area contributed by atoms with Gasteiger partial charge < -0.3 is 25.2 Å². The molecule has 7 heteroatoms. The van der Waals surface area contributed by atoms with Crippen LogP contribution in [0, 0.1) is 0 Å². The summed E-state index contributed by atoms with van der Waals surface area (Å²) in [5.74, 6) is -1.15. The van der Waals surface area contributed by atoms with Crippen molar-refractivity contribution in [1.82, 2.24) is 4.57 Å². The highest BCUT2D eigenvalue weighted by Gasteiger charge is 2.42. The Hall–Kier alpha value is -3.71. The minimum Gasteiger partial charge on any atom is -0.508 e. The molecule has 2 heterocycles. The largest absolute Gasteiger partial charge is 0.508 e. The summed E-state index contributed by atoms with van der Waals surface area (Å²) in [4.78, 5) is 12.2. The van der Waals surface area contributed by atoms with Crippen molar-refractivity contribution in [2.45, 2.75) is 77.5 Å². The second-order valence-electron chi connectivity index (χ2n) is 10.7. The van der Waals surface area contributed by atoms with Crippen LogP contribution in [0.5, 0.6) is 17.4 Å². The smallest absolute Gasteiger partial charge is 0.331 e. The molecule has 38 heavy (non-hydrogen) atoms. The fraction of sp³-hybridized carbons (Fsp3) is 0.387. The van der Waals surface area contributed by atoms with E-state index < -0.39 is 23.7 Å². The molecule has 0 saturated carbocycles. The number of carboxylic acids is 1. The third-order valence-corrected chi connectivity index (χ3v) is 7.44. The van der Waals surface area contributed by atoms with Crippen LogP contribution in [0.15, 0.2) is 65.9 Å². The summed E-state index contributed by atoms with van der Waals surface area (Å²) >= 11 is 0. The van der Waals surface area contributed by atoms with Crippen LogP contribution in [0.2, 0.25) is 0 Å². The fourth-order valence-electron chi connectivity index (χ4n) is 5.15. The molecule has 1 aromatic heterocycles. The van der Waals surface area contributed by atoms with Gasteiger partial charge in [0.2, 0.25) is 0 Å². The molecule has 1 aliphatic rings. The van der Waals surface area contributed by atoms with Crippen LogP contribution in [0.1, 0.15) is 70.5 Å². The Kier molecular flexibility index (Phi) is 7.88. The van der Waals surface area contributed by atoms with Crippen molar-refractivity contribution >= 4 is 16.7 Å². The number of hydrogen-bond acceptors (Lipinski definition) is 5. The van der Waals surface area contributed by atoms with Gasteiger partial charge in [0.15, 0.2) is 11.9 Å². The number of allylic oxidation sites excluding steroid dienone is 4. The zero-order valence-electron chi connectivity index (χ0n) is 22.4. The maximum Gasteiger partial charge on any atom is 0.331 e. The summed E-state index contributed by atoms with van der Waals surface area (Å²) in [5, 5.41) is 43.6. The number of benzene rings is 2. The minimum atomic E-state index is -1.17. The van der Waals surface area contributed by atoms with Crippen molar-refractivity contribution in [3.63, 3.8) is 0 Å². The van der Waals surface area contributed by atoms with E-state index in [1.807, 2.05) is 6.92 Å². The maximum atomic E-state index is 12.2. The lowest BCUT2D eigenvalue weighted by atomic mass is 9.84. The standard InChI is InChI=1S/C31H37NO6/c1-19(2)10-8-11-20(3)12-9-15-31(4)26(34)17-23-25(33)16-22-24(28(23)38-31)18-32(29(22)35)27(30(36)37)21-13-6-5-7-14-21/h5-7,10,12-14,16,18,26-27,33-35H,8-9,11,15,17H2,1-4H3,(H,36,37)/t26-,27+,31-/m0/s1. The number of aromatic nitrogens is 1. The third-order valence-electron chi connectivity index (χ3n) is 7.44. The number of hydrogen-bond donors (Lipinski definition) is 4. The van der Waals surface area contributed by atoms with Gasteiger partial charge in [0.05, 0.1) is 11.5 Å². The molecule has 4 rings (SSSR count). The van der Waals surface area contributed by atoms with Crippen LogP contribution in [-0.4, -0.2) is 42.7 Å². The molecule has 0 radical (unpaired) electrons. The van der Waals surface area contributed by atoms with Crippen LogP contribution in [0.4, 0.5) is 0 Å². The number of phenolic OH excluding ortho intramolecular Hbond substituents is 1. The van der Waals surface area contributed by atoms with Crippen LogP contribution < -0.4 is 4.74 Å². The lowest BCUT2D eigenvalue weighted by molar-refractivity contribution is -0.139. The summed E-state index contributed by atoms with van der Waals surface area (Å²) in [5.41, 5.74) is 2.60. The predicted octanol–water partition coefficient (Wildman–Crippen LogP) is 6.25. The Morgan fingerprint density at radius 2 is 1.84 bits per heavy atom. The Labute approximate surface area is 223 Å². The molecule has 3 aromatic rings. The second kappa shape index (κ2) is 11.0. The Morgan fingerprint density at radius 3 is 2.50 bits per heavy atom. The van der Waals surface area contributed by atoms with Gasteiger partial charge in [-0.05, 0) is 65.0 Å². The molecule has 0 bridgehead atoms. The number of carbonyl (C=O) groups is 1. The summed E-state index contributed by atoms with van der Waals surface area (Å²) in [6.45, 7) is 8.13. The average Bonchev–Trinajstić information content (AvgIpc) is 3.16. The fourth-order valence-corrected chi connectivity index (χ4v) is 5.15. The number of fused-ring (bicyclic) bond motifs is 3. The van der Waals surface area contributed by atoms with Crippen molar-refractivity contribution in [2.24, 2.45) is 0 Å². The number of aromatic hydroxyl groups is 2. The molecule has 0 unspecified atom stereocenters. The zero-order valence-corrected chi connectivity index (χ0v) is 22.4. The molecule has 0 spiro atoms. The molecule has 202 valence electrons. The Bertz CT molecular complexity index is 1380. The minimum absolute atomic E-state index is 0.108. The Morgan fingerprint density at radius 1 is 1.13 bits per heavy atom. The molecule has 2 aromatic carbocycles. The van der Waals surface area contributed by atoms with Gasteiger partial charge in [-0.2, -0.15) is 0 Å². The van der Waals surface area contributed by atoms with Crippen LogP contribution in [-0.2, 0) is 11.2 Å². The van der Waals surface area contributed by atoms with E-state index in [2.05, 4.69) is 32.9 Å². The number of aliphatic carboxylic acids is 1. The molecule has 4 N–H and O–H groups in total. The summed E-state index contributed by atoms with van der Waals surface area (Å²) in [6.07, 6.45) is 8.53. The van der Waals surface area contributed by atoms with Gasteiger partial charge >= 0.3 is 5.97 Å². The lowest BCUT2D eigenvalue weighted by Crippen LogP contribution is -2.48. The van der Waals surface area contributed by atoms with Crippen molar-refractivity contribution in [3.8, 4) is 17.4 Å². The number of aliphatic hydroxyl groups is 1. The first-order valence-corrected chi connectivity index (χ1v) is 13.0. The van der Waals surface area contributed by atoms with E-state index in [1.165, 1.54) is 21.8 Å². The normalized spacial score (nSPS) is 20.0. The monoisotopic (exact) mass is 519 g/mol. The van der Waals surface area contributed by atoms with E-state index in [9.17, 15) is 25.2 Å². The zero-order chi connectivity index (χ0) is 27.6. The third kappa shape index (κ3) is 5.43. The molecule has 0 fully saturated rings. The molecule has 0 aliphatic carbocycles. The van der Waals surface area contributed by atoms with E-state index >= 15 is 0 Å². The summed E-state index contributed by atoms with van der Waals surface area (Å²) in [6, 6.07) is 8.90. The van der Waals surface area contributed by atoms with Gasteiger partial charge in [0, 0.05) is 23.6 Å². The van der Waals surface area contributed by atoms with Crippen molar-refractivity contribution in [2.75, 3.05) is 0 Å². The van der Waals surface area contributed by atoms with Crippen molar-refractivity contribution < 1.29 is 30.0 Å². The molecular formula is C31H37NO6. The highest BCUT2D eigenvalue weighted by molar-refractivity contribution is 5.96. The molecule has 0 amide bonds. The number of aliphatic hydroxyl groups excluding tert-OH is 1. The van der Waals surface area contributed by atoms with Gasteiger partial charge in [-0.15, -0.1) is 0 Å². The molecule has 1 aliphatic heterocycles. The first kappa shape index (κ1) is 27.3. The topological polar surface area (TPSA) is 112 Å². The van der Waals surface area contributed by atoms with E-state index in [4.69, 9.17) is 4.74 Å². The molecule has 0 saturated heterocycles. The molecule has 3 atom stereocenters. The highest BCUT2D eigenvalue weighted by atomic mass is 16.5. The van der Waals surface area contributed by atoms with E-state index in [0.717, 1.165) is 12.8 Å². The van der Waals surface area contributed by atoms with E-state index in [1.54, 1.807) is 36.5 Å². The van der Waals surface area contributed by atoms with E-state index in [0.29, 0.717) is 35.1 Å². The first-order valence-electron chi connectivity index (χ1n) is 13.0. The van der Waals surface area contributed by atoms with Gasteiger partial charge in [-0.25, -0.2) is 4.79 Å². The average molecular weight is 520 g/mol. The van der Waals surface area contributed by atoms with Crippen molar-refractivity contribution in [3.05, 3.63) is 77.0 Å². The number of ether oxygens (including phenoxy) is 1. The molecular weight excluding hydrogens is 482 g/mol. The quantitative estimate of drug-likeness (QED) is 0.249. The van der Waals surface area contributed by atoms with Crippen LogP contribution in [0.25, 0.3) is 10.8 Å². The van der Waals surface area contributed by atoms with Crippen molar-refractivity contribution in [1.29, 1.82) is 0 Å². The summed E-state index contributed by atoms with van der Waals surface area (Å²) in [7, 11) is 0. The SMILES string of the molecule is CC(C)=CCCC(C)=CCC[C@]1(C)Oc2c(c(O)cc3c(O)n([C@@H](C(=O)O)c4ccccc4)cc23)C[C@@H]1O. The lowest BCUT2D eigenvalue weighted by Gasteiger charge is -2.40. The number of rotatable bonds is 9.